The number of hydrogen-bond donors (Lipinski definition) is 1. The molecular formula is C17H17ClN2O5. The van der Waals surface area contributed by atoms with Gasteiger partial charge in [-0.15, -0.1) is 0 Å². The Hall–Kier alpha value is -2.80. The van der Waals surface area contributed by atoms with Crippen molar-refractivity contribution in [2.45, 2.75) is 13.0 Å². The number of ether oxygens (including phenoxy) is 2. The molecule has 25 heavy (non-hydrogen) atoms. The van der Waals surface area contributed by atoms with Crippen LogP contribution in [-0.4, -0.2) is 24.5 Å². The molecule has 0 radical (unpaired) electrons. The lowest BCUT2D eigenvalue weighted by atomic mass is 10.1. The molecule has 1 amide bonds. The van der Waals surface area contributed by atoms with Gasteiger partial charge in [0.05, 0.1) is 18.1 Å². The molecule has 0 aliphatic heterocycles. The summed E-state index contributed by atoms with van der Waals surface area (Å²) in [5.74, 6) is 0.315. The van der Waals surface area contributed by atoms with Gasteiger partial charge in [-0.3, -0.25) is 14.9 Å². The van der Waals surface area contributed by atoms with Crippen LogP contribution < -0.4 is 14.8 Å². The van der Waals surface area contributed by atoms with Crippen LogP contribution in [0.15, 0.2) is 42.5 Å². The van der Waals surface area contributed by atoms with E-state index in [0.717, 1.165) is 11.3 Å². The first kappa shape index (κ1) is 18.5. The highest BCUT2D eigenvalue weighted by Crippen LogP contribution is 2.29. The molecule has 132 valence electrons. The average molecular weight is 365 g/mol. The third-order valence-electron chi connectivity index (χ3n) is 3.47. The van der Waals surface area contributed by atoms with Crippen LogP contribution in [0, 0.1) is 10.1 Å². The van der Waals surface area contributed by atoms with E-state index in [9.17, 15) is 14.9 Å². The molecule has 2 aromatic rings. The van der Waals surface area contributed by atoms with Crippen molar-refractivity contribution in [1.82, 2.24) is 5.32 Å². The number of rotatable bonds is 7. The van der Waals surface area contributed by atoms with Crippen molar-refractivity contribution in [3.05, 3.63) is 63.2 Å². The SMILES string of the molecule is COc1ccc([C@@H](C)NC(=O)COc2ccc(Cl)cc2[N+](=O)[O-])cc1. The van der Waals surface area contributed by atoms with Gasteiger partial charge in [0.1, 0.15) is 5.75 Å². The molecule has 0 unspecified atom stereocenters. The first-order chi connectivity index (χ1) is 11.9. The molecule has 8 heteroatoms. The molecular weight excluding hydrogens is 348 g/mol. The Balaban J connectivity index is 1.95. The summed E-state index contributed by atoms with van der Waals surface area (Å²) in [6.45, 7) is 1.48. The van der Waals surface area contributed by atoms with Crippen molar-refractivity contribution < 1.29 is 19.2 Å². The summed E-state index contributed by atoms with van der Waals surface area (Å²) >= 11 is 5.73. The number of benzene rings is 2. The van der Waals surface area contributed by atoms with Gasteiger partial charge in [0.2, 0.25) is 0 Å². The molecule has 0 aliphatic carbocycles. The number of carbonyl (C=O) groups excluding carboxylic acids is 1. The maximum Gasteiger partial charge on any atom is 0.312 e. The van der Waals surface area contributed by atoms with Crippen molar-refractivity contribution in [1.29, 1.82) is 0 Å². The summed E-state index contributed by atoms with van der Waals surface area (Å²) in [5.41, 5.74) is 0.607. The van der Waals surface area contributed by atoms with Gasteiger partial charge in [0.25, 0.3) is 5.91 Å². The minimum Gasteiger partial charge on any atom is -0.497 e. The Labute approximate surface area is 149 Å². The molecule has 1 atom stereocenters. The molecule has 0 bridgehead atoms. The quantitative estimate of drug-likeness (QED) is 0.599. The van der Waals surface area contributed by atoms with Crippen LogP contribution in [0.2, 0.25) is 5.02 Å². The standard InChI is InChI=1S/C17H17ClN2O5/c1-11(12-3-6-14(24-2)7-4-12)19-17(21)10-25-16-8-5-13(18)9-15(16)20(22)23/h3-9,11H,10H2,1-2H3,(H,19,21)/t11-/m1/s1. The third kappa shape index (κ3) is 5.09. The summed E-state index contributed by atoms with van der Waals surface area (Å²) < 4.78 is 10.3. The number of carbonyl (C=O) groups is 1. The monoisotopic (exact) mass is 364 g/mol. The summed E-state index contributed by atoms with van der Waals surface area (Å²) in [4.78, 5) is 22.4. The van der Waals surface area contributed by atoms with Crippen LogP contribution in [0.3, 0.4) is 0 Å². The zero-order valence-corrected chi connectivity index (χ0v) is 14.4. The second-order valence-electron chi connectivity index (χ2n) is 5.22. The second kappa shape index (κ2) is 8.34. The van der Waals surface area contributed by atoms with E-state index in [1.165, 1.54) is 18.2 Å². The van der Waals surface area contributed by atoms with Gasteiger partial charge in [-0.05, 0) is 36.8 Å². The minimum absolute atomic E-state index is 0.0124. The van der Waals surface area contributed by atoms with Gasteiger partial charge in [0, 0.05) is 11.1 Å². The molecule has 7 nitrogen and oxygen atoms in total. The number of amides is 1. The molecule has 0 saturated heterocycles. The highest BCUT2D eigenvalue weighted by molar-refractivity contribution is 6.30. The van der Waals surface area contributed by atoms with E-state index in [1.54, 1.807) is 19.2 Å². The first-order valence-electron chi connectivity index (χ1n) is 7.40. The van der Waals surface area contributed by atoms with E-state index in [4.69, 9.17) is 21.1 Å². The lowest BCUT2D eigenvalue weighted by molar-refractivity contribution is -0.385. The summed E-state index contributed by atoms with van der Waals surface area (Å²) in [6, 6.07) is 11.0. The molecule has 0 spiro atoms. The summed E-state index contributed by atoms with van der Waals surface area (Å²) in [5, 5.41) is 14.0. The number of hydrogen-bond acceptors (Lipinski definition) is 5. The van der Waals surface area contributed by atoms with Gasteiger partial charge >= 0.3 is 5.69 Å². The van der Waals surface area contributed by atoms with Crippen LogP contribution in [-0.2, 0) is 4.79 Å². The highest BCUT2D eigenvalue weighted by atomic mass is 35.5. The fourth-order valence-electron chi connectivity index (χ4n) is 2.16. The maximum absolute atomic E-state index is 12.0. The Morgan fingerprint density at radius 2 is 1.96 bits per heavy atom. The Morgan fingerprint density at radius 3 is 2.56 bits per heavy atom. The number of methoxy groups -OCH3 is 1. The van der Waals surface area contributed by atoms with Crippen LogP contribution in [0.25, 0.3) is 0 Å². The fraction of sp³-hybridized carbons (Fsp3) is 0.235. The highest BCUT2D eigenvalue weighted by Gasteiger charge is 2.17. The lowest BCUT2D eigenvalue weighted by Gasteiger charge is -2.15. The van der Waals surface area contributed by atoms with Crippen molar-refractivity contribution in [3.63, 3.8) is 0 Å². The van der Waals surface area contributed by atoms with E-state index in [0.29, 0.717) is 0 Å². The topological polar surface area (TPSA) is 90.7 Å². The van der Waals surface area contributed by atoms with E-state index in [-0.39, 0.29) is 29.1 Å². The Bertz CT molecular complexity index is 764. The van der Waals surface area contributed by atoms with Crippen LogP contribution in [0.4, 0.5) is 5.69 Å². The smallest absolute Gasteiger partial charge is 0.312 e. The predicted octanol–water partition coefficient (Wildman–Crippen LogP) is 3.51. The van der Waals surface area contributed by atoms with Crippen LogP contribution in [0.1, 0.15) is 18.5 Å². The molecule has 0 saturated carbocycles. The van der Waals surface area contributed by atoms with Crippen molar-refractivity contribution in [2.24, 2.45) is 0 Å². The van der Waals surface area contributed by atoms with Gasteiger partial charge in [-0.25, -0.2) is 0 Å². The molecule has 0 heterocycles. The van der Waals surface area contributed by atoms with E-state index in [1.807, 2.05) is 19.1 Å². The number of nitro groups is 1. The lowest BCUT2D eigenvalue weighted by Crippen LogP contribution is -2.31. The van der Waals surface area contributed by atoms with E-state index >= 15 is 0 Å². The Kier molecular flexibility index (Phi) is 6.19. The molecule has 0 aromatic heterocycles. The number of halogens is 1. The molecule has 0 aliphatic rings. The largest absolute Gasteiger partial charge is 0.497 e. The van der Waals surface area contributed by atoms with Gasteiger partial charge in [-0.1, -0.05) is 23.7 Å². The zero-order chi connectivity index (χ0) is 18.4. The van der Waals surface area contributed by atoms with Gasteiger partial charge < -0.3 is 14.8 Å². The fourth-order valence-corrected chi connectivity index (χ4v) is 2.32. The van der Waals surface area contributed by atoms with Crippen LogP contribution >= 0.6 is 11.6 Å². The Morgan fingerprint density at radius 1 is 1.28 bits per heavy atom. The summed E-state index contributed by atoms with van der Waals surface area (Å²) in [6.07, 6.45) is 0. The minimum atomic E-state index is -0.612. The zero-order valence-electron chi connectivity index (χ0n) is 13.7. The van der Waals surface area contributed by atoms with Crippen molar-refractivity contribution in [3.8, 4) is 11.5 Å². The van der Waals surface area contributed by atoms with Crippen molar-refractivity contribution in [2.75, 3.05) is 13.7 Å². The van der Waals surface area contributed by atoms with Gasteiger partial charge in [-0.2, -0.15) is 0 Å². The van der Waals surface area contributed by atoms with Gasteiger partial charge in [0.15, 0.2) is 12.4 Å². The number of nitrogens with zero attached hydrogens (tertiary/aromatic N) is 1. The van der Waals surface area contributed by atoms with E-state index < -0.39 is 10.8 Å². The first-order valence-corrected chi connectivity index (χ1v) is 7.78. The average Bonchev–Trinajstić information content (AvgIpc) is 2.60. The summed E-state index contributed by atoms with van der Waals surface area (Å²) in [7, 11) is 1.58. The van der Waals surface area contributed by atoms with Crippen molar-refractivity contribution >= 4 is 23.2 Å². The molecule has 1 N–H and O–H groups in total. The molecule has 0 fully saturated rings. The normalized spacial score (nSPS) is 11.5. The number of nitro benzene ring substituents is 1. The maximum atomic E-state index is 12.0. The number of nitrogens with one attached hydrogen (secondary N) is 1. The third-order valence-corrected chi connectivity index (χ3v) is 3.70. The molecule has 2 aromatic carbocycles. The van der Waals surface area contributed by atoms with Crippen LogP contribution in [0.5, 0.6) is 11.5 Å². The molecule has 2 rings (SSSR count). The second-order valence-corrected chi connectivity index (χ2v) is 5.66. The predicted molar refractivity (Wildman–Crippen MR) is 93.2 cm³/mol. The van der Waals surface area contributed by atoms with E-state index in [2.05, 4.69) is 5.32 Å².